The second-order valence-electron chi connectivity index (χ2n) is 5.86. The van der Waals surface area contributed by atoms with Gasteiger partial charge in [0.1, 0.15) is 0 Å². The van der Waals surface area contributed by atoms with Gasteiger partial charge in [0.15, 0.2) is 6.61 Å². The first kappa shape index (κ1) is 18.8. The van der Waals surface area contributed by atoms with Crippen molar-refractivity contribution in [1.82, 2.24) is 0 Å². The van der Waals surface area contributed by atoms with Gasteiger partial charge in [-0.15, -0.1) is 0 Å². The summed E-state index contributed by atoms with van der Waals surface area (Å²) in [6.45, 7) is -0.424. The van der Waals surface area contributed by atoms with Crippen molar-refractivity contribution in [3.63, 3.8) is 0 Å². The number of esters is 1. The lowest BCUT2D eigenvalue weighted by molar-refractivity contribution is -0.384. The molecule has 0 fully saturated rings. The molecule has 1 N–H and O–H groups in total. The molecule has 0 spiro atoms. The largest absolute Gasteiger partial charge is 0.452 e. The van der Waals surface area contributed by atoms with E-state index in [4.69, 9.17) is 4.74 Å². The van der Waals surface area contributed by atoms with E-state index in [0.717, 1.165) is 16.8 Å². The fraction of sp³-hybridized carbons (Fsp3) is 0.0476. The van der Waals surface area contributed by atoms with Crippen LogP contribution in [0.5, 0.6) is 0 Å². The van der Waals surface area contributed by atoms with E-state index in [1.807, 2.05) is 36.4 Å². The quantitative estimate of drug-likeness (QED) is 0.304. The minimum absolute atomic E-state index is 0.0372. The van der Waals surface area contributed by atoms with Gasteiger partial charge in [-0.05, 0) is 35.2 Å². The smallest absolute Gasteiger partial charge is 0.331 e. The summed E-state index contributed by atoms with van der Waals surface area (Å²) in [4.78, 5) is 33.9. The van der Waals surface area contributed by atoms with Crippen molar-refractivity contribution in [2.45, 2.75) is 0 Å². The van der Waals surface area contributed by atoms with E-state index in [2.05, 4.69) is 5.32 Å². The molecule has 0 aliphatic rings. The number of nitro benzene ring substituents is 1. The molecule has 140 valence electrons. The lowest BCUT2D eigenvalue weighted by Crippen LogP contribution is -2.20. The molecule has 0 aliphatic heterocycles. The molecular weight excluding hydrogens is 360 g/mol. The van der Waals surface area contributed by atoms with Crippen LogP contribution in [-0.2, 0) is 14.3 Å². The number of fused-ring (bicyclic) bond motifs is 1. The van der Waals surface area contributed by atoms with Gasteiger partial charge < -0.3 is 10.1 Å². The Labute approximate surface area is 160 Å². The summed E-state index contributed by atoms with van der Waals surface area (Å²) in [5, 5.41) is 15.2. The van der Waals surface area contributed by atoms with Crippen LogP contribution in [0.3, 0.4) is 0 Å². The maximum Gasteiger partial charge on any atom is 0.331 e. The molecule has 0 aliphatic carbocycles. The summed E-state index contributed by atoms with van der Waals surface area (Å²) in [5.74, 6) is -1.14. The monoisotopic (exact) mass is 376 g/mol. The van der Waals surface area contributed by atoms with E-state index < -0.39 is 23.4 Å². The minimum Gasteiger partial charge on any atom is -0.452 e. The van der Waals surface area contributed by atoms with Crippen LogP contribution in [0.2, 0.25) is 0 Å². The molecule has 1 amide bonds. The van der Waals surface area contributed by atoms with Crippen LogP contribution in [0.15, 0.2) is 72.8 Å². The zero-order valence-corrected chi connectivity index (χ0v) is 14.7. The fourth-order valence-electron chi connectivity index (χ4n) is 2.58. The van der Waals surface area contributed by atoms with Gasteiger partial charge >= 0.3 is 5.97 Å². The van der Waals surface area contributed by atoms with Gasteiger partial charge in [0, 0.05) is 29.3 Å². The molecule has 0 atom stereocenters. The van der Waals surface area contributed by atoms with Crippen LogP contribution in [0.4, 0.5) is 11.4 Å². The highest BCUT2D eigenvalue weighted by molar-refractivity contribution is 6.03. The van der Waals surface area contributed by atoms with Crippen molar-refractivity contribution in [2.75, 3.05) is 11.9 Å². The highest BCUT2D eigenvalue weighted by atomic mass is 16.6. The van der Waals surface area contributed by atoms with Crippen LogP contribution in [0, 0.1) is 10.1 Å². The Morgan fingerprint density at radius 1 is 1.00 bits per heavy atom. The van der Waals surface area contributed by atoms with Gasteiger partial charge in [-0.2, -0.15) is 0 Å². The number of hydrogen-bond acceptors (Lipinski definition) is 5. The van der Waals surface area contributed by atoms with Gasteiger partial charge in [-0.1, -0.05) is 36.4 Å². The zero-order chi connectivity index (χ0) is 19.9. The number of carbonyl (C=O) groups excluding carboxylic acids is 2. The summed E-state index contributed by atoms with van der Waals surface area (Å²) < 4.78 is 4.93. The summed E-state index contributed by atoms with van der Waals surface area (Å²) in [7, 11) is 0. The number of carbonyl (C=O) groups is 2. The molecule has 0 heterocycles. The van der Waals surface area contributed by atoms with Gasteiger partial charge in [0.25, 0.3) is 11.6 Å². The van der Waals surface area contributed by atoms with Gasteiger partial charge in [0.05, 0.1) is 4.92 Å². The van der Waals surface area contributed by atoms with E-state index >= 15 is 0 Å². The third kappa shape index (κ3) is 4.79. The number of nitrogens with zero attached hydrogens (tertiary/aromatic N) is 1. The van der Waals surface area contributed by atoms with Crippen LogP contribution >= 0.6 is 0 Å². The van der Waals surface area contributed by atoms with Crippen molar-refractivity contribution in [3.8, 4) is 0 Å². The number of ether oxygens (including phenoxy) is 1. The van der Waals surface area contributed by atoms with Gasteiger partial charge in [-0.3, -0.25) is 14.9 Å². The Morgan fingerprint density at radius 3 is 2.46 bits per heavy atom. The van der Waals surface area contributed by atoms with E-state index in [9.17, 15) is 19.7 Å². The molecule has 7 heteroatoms. The Hall–Kier alpha value is -4.00. The average molecular weight is 376 g/mol. The molecule has 3 aromatic carbocycles. The van der Waals surface area contributed by atoms with Gasteiger partial charge in [-0.25, -0.2) is 4.79 Å². The number of benzene rings is 3. The lowest BCUT2D eigenvalue weighted by Gasteiger charge is -2.08. The Bertz CT molecular complexity index is 1050. The minimum atomic E-state index is -0.688. The first-order chi connectivity index (χ1) is 13.5. The third-order valence-corrected chi connectivity index (χ3v) is 3.93. The van der Waals surface area contributed by atoms with Crippen molar-refractivity contribution in [1.29, 1.82) is 0 Å². The molecule has 0 radical (unpaired) electrons. The Balaban J connectivity index is 1.54. The topological polar surface area (TPSA) is 98.5 Å². The molecule has 0 bridgehead atoms. The van der Waals surface area contributed by atoms with Crippen molar-refractivity contribution >= 4 is 40.1 Å². The van der Waals surface area contributed by atoms with E-state index in [1.54, 1.807) is 6.07 Å². The maximum absolute atomic E-state index is 12.1. The normalized spacial score (nSPS) is 10.7. The Morgan fingerprint density at radius 2 is 1.71 bits per heavy atom. The maximum atomic E-state index is 12.1. The van der Waals surface area contributed by atoms with E-state index in [-0.39, 0.29) is 5.69 Å². The van der Waals surface area contributed by atoms with Crippen LogP contribution < -0.4 is 5.32 Å². The molecule has 28 heavy (non-hydrogen) atoms. The summed E-state index contributed by atoms with van der Waals surface area (Å²) in [5.41, 5.74) is 1.20. The molecule has 3 rings (SSSR count). The third-order valence-electron chi connectivity index (χ3n) is 3.93. The predicted molar refractivity (Wildman–Crippen MR) is 106 cm³/mol. The number of non-ortho nitro benzene ring substituents is 1. The van der Waals surface area contributed by atoms with Crippen molar-refractivity contribution < 1.29 is 19.2 Å². The molecular formula is C21H16N2O5. The summed E-state index contributed by atoms with van der Waals surface area (Å²) >= 11 is 0. The van der Waals surface area contributed by atoms with Crippen molar-refractivity contribution in [2.24, 2.45) is 0 Å². The first-order valence-electron chi connectivity index (χ1n) is 8.40. The van der Waals surface area contributed by atoms with Gasteiger partial charge in [0.2, 0.25) is 0 Å². The first-order valence-corrected chi connectivity index (χ1v) is 8.40. The molecule has 0 unspecified atom stereocenters. The number of hydrogen-bond donors (Lipinski definition) is 1. The second-order valence-corrected chi connectivity index (χ2v) is 5.86. The molecule has 7 nitrogen and oxygen atoms in total. The predicted octanol–water partition coefficient (Wildman–Crippen LogP) is 3.94. The highest BCUT2D eigenvalue weighted by Gasteiger charge is 2.08. The van der Waals surface area contributed by atoms with Crippen LogP contribution in [-0.4, -0.2) is 23.4 Å². The average Bonchev–Trinajstić information content (AvgIpc) is 2.71. The molecule has 3 aromatic rings. The fourth-order valence-corrected chi connectivity index (χ4v) is 2.58. The molecule has 0 aromatic heterocycles. The molecule has 0 saturated carbocycles. The number of anilines is 1. The number of nitrogens with one attached hydrogen (secondary N) is 1. The lowest BCUT2D eigenvalue weighted by atomic mass is 10.1. The number of nitro groups is 1. The highest BCUT2D eigenvalue weighted by Crippen LogP contribution is 2.22. The summed E-state index contributed by atoms with van der Waals surface area (Å²) in [6, 6.07) is 18.9. The van der Waals surface area contributed by atoms with Crippen LogP contribution in [0.1, 0.15) is 5.56 Å². The second kappa shape index (κ2) is 8.59. The standard InChI is InChI=1S/C21H16N2O5/c24-20(22-19-7-3-5-16-4-1-2-6-18(16)19)14-28-21(25)13-10-15-8-11-17(12-9-15)23(26)27/h1-13H,14H2,(H,22,24). The Kier molecular flexibility index (Phi) is 5.76. The summed E-state index contributed by atoms with van der Waals surface area (Å²) in [6.07, 6.45) is 2.61. The zero-order valence-electron chi connectivity index (χ0n) is 14.7. The van der Waals surface area contributed by atoms with E-state index in [1.165, 1.54) is 30.3 Å². The SMILES string of the molecule is O=C(COC(=O)C=Cc1ccc([N+](=O)[O-])cc1)Nc1cccc2ccccc12. The number of rotatable bonds is 6. The van der Waals surface area contributed by atoms with E-state index in [0.29, 0.717) is 11.3 Å². The number of amides is 1. The van der Waals surface area contributed by atoms with Crippen LogP contribution in [0.25, 0.3) is 16.8 Å². The van der Waals surface area contributed by atoms with Crippen molar-refractivity contribution in [3.05, 3.63) is 88.5 Å². The molecule has 0 saturated heterocycles.